The van der Waals surface area contributed by atoms with Crippen LogP contribution in [-0.4, -0.2) is 24.1 Å². The minimum absolute atomic E-state index is 0.911. The van der Waals surface area contributed by atoms with E-state index < -0.39 is 0 Å². The Bertz CT molecular complexity index is 403. The van der Waals surface area contributed by atoms with Crippen LogP contribution < -0.4 is 4.90 Å². The van der Waals surface area contributed by atoms with Gasteiger partial charge in [-0.2, -0.15) is 0 Å². The van der Waals surface area contributed by atoms with E-state index in [1.165, 1.54) is 0 Å². The summed E-state index contributed by atoms with van der Waals surface area (Å²) in [5.41, 5.74) is 1.11. The molecule has 0 saturated heterocycles. The third-order valence-electron chi connectivity index (χ3n) is 2.09. The van der Waals surface area contributed by atoms with Crippen LogP contribution in [0.25, 0.3) is 11.4 Å². The highest BCUT2D eigenvalue weighted by atomic mass is 15.2. The van der Waals surface area contributed by atoms with Crippen molar-refractivity contribution in [3.05, 3.63) is 36.5 Å². The summed E-state index contributed by atoms with van der Waals surface area (Å²) < 4.78 is 0. The summed E-state index contributed by atoms with van der Waals surface area (Å²) in [6, 6.07) is 10.1. The number of imidazole rings is 1. The first kappa shape index (κ1) is 8.81. The Morgan fingerprint density at radius 2 is 1.86 bits per heavy atom. The van der Waals surface area contributed by atoms with Crippen LogP contribution in [0, 0.1) is 0 Å². The molecule has 0 atom stereocenters. The smallest absolute Gasteiger partial charge is 0.138 e. The molecule has 0 unspecified atom stereocenters. The lowest BCUT2D eigenvalue weighted by atomic mass is 10.2. The van der Waals surface area contributed by atoms with Gasteiger partial charge in [0.1, 0.15) is 11.6 Å². The molecule has 0 saturated carbocycles. The Hall–Kier alpha value is -1.77. The van der Waals surface area contributed by atoms with Gasteiger partial charge in [0.15, 0.2) is 0 Å². The number of hydrogen-bond acceptors (Lipinski definition) is 2. The fourth-order valence-electron chi connectivity index (χ4n) is 1.28. The molecule has 14 heavy (non-hydrogen) atoms. The Morgan fingerprint density at radius 1 is 1.14 bits per heavy atom. The van der Waals surface area contributed by atoms with E-state index in [0.29, 0.717) is 0 Å². The van der Waals surface area contributed by atoms with Crippen LogP contribution >= 0.6 is 0 Å². The average Bonchev–Trinajstić information content (AvgIpc) is 2.68. The summed E-state index contributed by atoms with van der Waals surface area (Å²) in [6.45, 7) is 0. The predicted molar refractivity (Wildman–Crippen MR) is 58.4 cm³/mol. The fourth-order valence-corrected chi connectivity index (χ4v) is 1.28. The van der Waals surface area contributed by atoms with Crippen LogP contribution in [0.4, 0.5) is 5.82 Å². The number of aromatic nitrogens is 2. The molecule has 1 aromatic carbocycles. The second kappa shape index (κ2) is 3.54. The lowest BCUT2D eigenvalue weighted by Crippen LogP contribution is -2.08. The molecule has 0 amide bonds. The first-order valence-corrected chi connectivity index (χ1v) is 4.55. The highest BCUT2D eigenvalue weighted by molar-refractivity contribution is 5.57. The average molecular weight is 187 g/mol. The third kappa shape index (κ3) is 1.62. The number of rotatable bonds is 2. The molecule has 0 aliphatic rings. The van der Waals surface area contributed by atoms with Crippen LogP contribution in [0.3, 0.4) is 0 Å². The fraction of sp³-hybridized carbons (Fsp3) is 0.182. The molecule has 0 radical (unpaired) electrons. The van der Waals surface area contributed by atoms with Gasteiger partial charge in [-0.1, -0.05) is 30.3 Å². The molecule has 2 aromatic rings. The van der Waals surface area contributed by atoms with Crippen molar-refractivity contribution < 1.29 is 0 Å². The first-order valence-electron chi connectivity index (χ1n) is 4.55. The molecule has 1 heterocycles. The van der Waals surface area contributed by atoms with E-state index in [1.54, 1.807) is 0 Å². The molecular formula is C11H13N3. The van der Waals surface area contributed by atoms with Gasteiger partial charge in [-0.3, -0.25) is 0 Å². The lowest BCUT2D eigenvalue weighted by molar-refractivity contribution is 1.09. The monoisotopic (exact) mass is 187 g/mol. The summed E-state index contributed by atoms with van der Waals surface area (Å²) in [5.74, 6) is 1.93. The SMILES string of the molecule is CN(C)c1cnc(-c2ccccc2)[nH]1. The predicted octanol–water partition coefficient (Wildman–Crippen LogP) is 2.14. The van der Waals surface area contributed by atoms with Crippen LogP contribution in [0.2, 0.25) is 0 Å². The molecule has 3 nitrogen and oxygen atoms in total. The van der Waals surface area contributed by atoms with Crippen molar-refractivity contribution in [2.75, 3.05) is 19.0 Å². The van der Waals surface area contributed by atoms with E-state index in [0.717, 1.165) is 17.2 Å². The Labute approximate surface area is 83.4 Å². The van der Waals surface area contributed by atoms with Gasteiger partial charge in [0.05, 0.1) is 6.20 Å². The van der Waals surface area contributed by atoms with E-state index in [2.05, 4.69) is 9.97 Å². The number of anilines is 1. The summed E-state index contributed by atoms with van der Waals surface area (Å²) in [5, 5.41) is 0. The van der Waals surface area contributed by atoms with Crippen molar-refractivity contribution in [2.24, 2.45) is 0 Å². The topological polar surface area (TPSA) is 31.9 Å². The van der Waals surface area contributed by atoms with Gasteiger partial charge >= 0.3 is 0 Å². The molecule has 2 rings (SSSR count). The largest absolute Gasteiger partial charge is 0.363 e. The minimum atomic E-state index is 0.911. The maximum atomic E-state index is 4.31. The van der Waals surface area contributed by atoms with E-state index >= 15 is 0 Å². The molecule has 72 valence electrons. The second-order valence-electron chi connectivity index (χ2n) is 3.38. The van der Waals surface area contributed by atoms with Gasteiger partial charge in [0.2, 0.25) is 0 Å². The molecule has 1 N–H and O–H groups in total. The highest BCUT2D eigenvalue weighted by Gasteiger charge is 2.02. The highest BCUT2D eigenvalue weighted by Crippen LogP contribution is 2.17. The third-order valence-corrected chi connectivity index (χ3v) is 2.09. The Kier molecular flexibility index (Phi) is 2.23. The zero-order valence-corrected chi connectivity index (χ0v) is 8.36. The normalized spacial score (nSPS) is 10.1. The maximum Gasteiger partial charge on any atom is 0.138 e. The Morgan fingerprint density at radius 3 is 2.43 bits per heavy atom. The van der Waals surface area contributed by atoms with Gasteiger partial charge < -0.3 is 9.88 Å². The van der Waals surface area contributed by atoms with Crippen molar-refractivity contribution in [1.82, 2.24) is 9.97 Å². The standard InChI is InChI=1S/C11H13N3/c1-14(2)10-8-12-11(13-10)9-6-4-3-5-7-9/h3-8H,1-2H3,(H,12,13). The van der Waals surface area contributed by atoms with Crippen LogP contribution in [0.1, 0.15) is 0 Å². The van der Waals surface area contributed by atoms with Gasteiger partial charge in [-0.15, -0.1) is 0 Å². The summed E-state index contributed by atoms with van der Waals surface area (Å²) >= 11 is 0. The molecule has 1 aromatic heterocycles. The summed E-state index contributed by atoms with van der Waals surface area (Å²) in [4.78, 5) is 9.55. The number of hydrogen-bond donors (Lipinski definition) is 1. The van der Waals surface area contributed by atoms with Gasteiger partial charge in [0, 0.05) is 19.7 Å². The van der Waals surface area contributed by atoms with E-state index in [-0.39, 0.29) is 0 Å². The van der Waals surface area contributed by atoms with E-state index in [1.807, 2.05) is 55.5 Å². The van der Waals surface area contributed by atoms with Gasteiger partial charge in [-0.25, -0.2) is 4.98 Å². The van der Waals surface area contributed by atoms with E-state index in [4.69, 9.17) is 0 Å². The second-order valence-corrected chi connectivity index (χ2v) is 3.38. The van der Waals surface area contributed by atoms with Crippen molar-refractivity contribution >= 4 is 5.82 Å². The zero-order chi connectivity index (χ0) is 9.97. The van der Waals surface area contributed by atoms with E-state index in [9.17, 15) is 0 Å². The zero-order valence-electron chi connectivity index (χ0n) is 8.36. The number of nitrogens with zero attached hydrogens (tertiary/aromatic N) is 2. The summed E-state index contributed by atoms with van der Waals surface area (Å²) in [7, 11) is 3.98. The van der Waals surface area contributed by atoms with Gasteiger partial charge in [-0.05, 0) is 0 Å². The number of H-pyrrole nitrogens is 1. The quantitative estimate of drug-likeness (QED) is 0.781. The van der Waals surface area contributed by atoms with Crippen LogP contribution in [0.15, 0.2) is 36.5 Å². The van der Waals surface area contributed by atoms with Crippen LogP contribution in [-0.2, 0) is 0 Å². The minimum Gasteiger partial charge on any atom is -0.363 e. The molecule has 0 spiro atoms. The van der Waals surface area contributed by atoms with Crippen molar-refractivity contribution in [3.8, 4) is 11.4 Å². The van der Waals surface area contributed by atoms with Gasteiger partial charge in [0.25, 0.3) is 0 Å². The Balaban J connectivity index is 2.34. The first-order chi connectivity index (χ1) is 6.77. The number of benzene rings is 1. The molecule has 0 fully saturated rings. The molecule has 0 aliphatic carbocycles. The molecule has 0 bridgehead atoms. The number of aromatic amines is 1. The number of nitrogens with one attached hydrogen (secondary N) is 1. The lowest BCUT2D eigenvalue weighted by Gasteiger charge is -2.07. The van der Waals surface area contributed by atoms with Crippen LogP contribution in [0.5, 0.6) is 0 Å². The summed E-state index contributed by atoms with van der Waals surface area (Å²) in [6.07, 6.45) is 1.84. The molecule has 0 aliphatic heterocycles. The maximum absolute atomic E-state index is 4.31. The van der Waals surface area contributed by atoms with Crippen molar-refractivity contribution in [2.45, 2.75) is 0 Å². The molecular weight excluding hydrogens is 174 g/mol. The molecule has 3 heteroatoms. The van der Waals surface area contributed by atoms with Crippen molar-refractivity contribution in [3.63, 3.8) is 0 Å². The van der Waals surface area contributed by atoms with Crippen molar-refractivity contribution in [1.29, 1.82) is 0 Å².